The molecular weight excluding hydrogens is 294 g/mol. The van der Waals surface area contributed by atoms with Gasteiger partial charge in [0, 0.05) is 12.5 Å². The summed E-state index contributed by atoms with van der Waals surface area (Å²) in [4.78, 5) is 11.3. The van der Waals surface area contributed by atoms with Crippen molar-refractivity contribution >= 4 is 5.97 Å². The zero-order valence-corrected chi connectivity index (χ0v) is 13.3. The first-order valence-electron chi connectivity index (χ1n) is 7.06. The number of hydrogen-bond donors (Lipinski definition) is 0. The maximum atomic E-state index is 14.0. The molecule has 0 bridgehead atoms. The Morgan fingerprint density at radius 3 is 2.50 bits per heavy atom. The van der Waals surface area contributed by atoms with E-state index in [4.69, 9.17) is 14.2 Å². The van der Waals surface area contributed by atoms with E-state index in [0.29, 0.717) is 5.56 Å². The molecule has 0 spiro atoms. The van der Waals surface area contributed by atoms with Gasteiger partial charge >= 0.3 is 5.97 Å². The molecule has 22 heavy (non-hydrogen) atoms. The molecule has 1 aromatic carbocycles. The van der Waals surface area contributed by atoms with Gasteiger partial charge in [-0.1, -0.05) is 13.0 Å². The monoisotopic (exact) mass is 314 g/mol. The first-order chi connectivity index (χ1) is 10.2. The average Bonchev–Trinajstić information content (AvgIpc) is 2.62. The van der Waals surface area contributed by atoms with Crippen LogP contribution in [0.2, 0.25) is 0 Å². The number of carbonyl (C=O) groups excluding carboxylic acids is 1. The quantitative estimate of drug-likeness (QED) is 0.802. The topological polar surface area (TPSA) is 44.8 Å². The number of benzene rings is 1. The standard InChI is InChI=1S/C16H20F2O4/c1-8-12(15(21-9(2)19)22-16(8,3)4)10-6-7-11(17)13(18)14(10)20-5/h6-8,12,15H,1-5H3. The van der Waals surface area contributed by atoms with E-state index < -0.39 is 35.4 Å². The van der Waals surface area contributed by atoms with Gasteiger partial charge in [0.2, 0.25) is 12.1 Å². The van der Waals surface area contributed by atoms with Gasteiger partial charge in [0.1, 0.15) is 0 Å². The molecule has 1 aliphatic rings. The molecule has 2 rings (SSSR count). The van der Waals surface area contributed by atoms with Gasteiger partial charge in [0.05, 0.1) is 18.6 Å². The lowest BCUT2D eigenvalue weighted by atomic mass is 9.80. The molecule has 1 aliphatic heterocycles. The van der Waals surface area contributed by atoms with Crippen LogP contribution in [0.4, 0.5) is 8.78 Å². The first-order valence-corrected chi connectivity index (χ1v) is 7.06. The summed E-state index contributed by atoms with van der Waals surface area (Å²) in [5.41, 5.74) is -0.161. The van der Waals surface area contributed by atoms with Gasteiger partial charge in [0.15, 0.2) is 11.6 Å². The molecule has 3 unspecified atom stereocenters. The number of halogens is 2. The highest BCUT2D eigenvalue weighted by Gasteiger charge is 2.50. The van der Waals surface area contributed by atoms with Gasteiger partial charge in [-0.05, 0) is 25.8 Å². The van der Waals surface area contributed by atoms with Crippen molar-refractivity contribution in [2.24, 2.45) is 5.92 Å². The first kappa shape index (κ1) is 16.7. The maximum absolute atomic E-state index is 14.0. The SMILES string of the molecule is COc1c(C2C(OC(C)=O)OC(C)(C)C2C)ccc(F)c1F. The fourth-order valence-electron chi connectivity index (χ4n) is 2.84. The molecule has 6 heteroatoms. The Hall–Kier alpha value is -1.69. The Morgan fingerprint density at radius 2 is 1.95 bits per heavy atom. The predicted molar refractivity (Wildman–Crippen MR) is 75.5 cm³/mol. The summed E-state index contributed by atoms with van der Waals surface area (Å²) in [5, 5.41) is 0. The van der Waals surface area contributed by atoms with E-state index in [2.05, 4.69) is 0 Å². The molecule has 3 atom stereocenters. The maximum Gasteiger partial charge on any atom is 0.304 e. The van der Waals surface area contributed by atoms with Crippen LogP contribution in [0.1, 0.15) is 39.2 Å². The van der Waals surface area contributed by atoms with E-state index in [1.54, 1.807) is 0 Å². The molecule has 1 aromatic rings. The highest BCUT2D eigenvalue weighted by molar-refractivity contribution is 5.66. The molecule has 0 radical (unpaired) electrons. The summed E-state index contributed by atoms with van der Waals surface area (Å²) in [7, 11) is 1.27. The largest absolute Gasteiger partial charge is 0.493 e. The van der Waals surface area contributed by atoms with Crippen molar-refractivity contribution in [1.82, 2.24) is 0 Å². The summed E-state index contributed by atoms with van der Waals surface area (Å²) in [6.45, 7) is 6.91. The number of methoxy groups -OCH3 is 1. The number of esters is 1. The van der Waals surface area contributed by atoms with Crippen LogP contribution in [0.25, 0.3) is 0 Å². The zero-order chi connectivity index (χ0) is 16.7. The van der Waals surface area contributed by atoms with Gasteiger partial charge in [-0.2, -0.15) is 4.39 Å². The molecule has 0 saturated carbocycles. The van der Waals surface area contributed by atoms with Crippen LogP contribution >= 0.6 is 0 Å². The van der Waals surface area contributed by atoms with Crippen molar-refractivity contribution < 1.29 is 27.8 Å². The molecule has 4 nitrogen and oxygen atoms in total. The zero-order valence-electron chi connectivity index (χ0n) is 13.3. The van der Waals surface area contributed by atoms with Crippen LogP contribution in [0, 0.1) is 17.6 Å². The van der Waals surface area contributed by atoms with E-state index in [1.807, 2.05) is 20.8 Å². The van der Waals surface area contributed by atoms with Crippen LogP contribution < -0.4 is 4.74 Å². The minimum Gasteiger partial charge on any atom is -0.493 e. The van der Waals surface area contributed by atoms with Gasteiger partial charge in [-0.3, -0.25) is 4.79 Å². The Bertz CT molecular complexity index is 586. The van der Waals surface area contributed by atoms with Gasteiger partial charge in [-0.25, -0.2) is 4.39 Å². The molecule has 0 aliphatic carbocycles. The highest BCUT2D eigenvalue weighted by Crippen LogP contribution is 2.49. The highest BCUT2D eigenvalue weighted by atomic mass is 19.2. The van der Waals surface area contributed by atoms with Crippen LogP contribution in [0.5, 0.6) is 5.75 Å². The second-order valence-corrected chi connectivity index (χ2v) is 6.00. The van der Waals surface area contributed by atoms with E-state index in [-0.39, 0.29) is 11.7 Å². The molecule has 0 aromatic heterocycles. The summed E-state index contributed by atoms with van der Waals surface area (Å²) >= 11 is 0. The lowest BCUT2D eigenvalue weighted by Crippen LogP contribution is -2.27. The van der Waals surface area contributed by atoms with Crippen molar-refractivity contribution in [2.45, 2.75) is 45.5 Å². The Balaban J connectivity index is 2.52. The van der Waals surface area contributed by atoms with Gasteiger partial charge in [0.25, 0.3) is 0 Å². The van der Waals surface area contributed by atoms with Crippen molar-refractivity contribution in [3.05, 3.63) is 29.3 Å². The summed E-state index contributed by atoms with van der Waals surface area (Å²) < 4.78 is 43.4. The Kier molecular flexibility index (Phi) is 4.42. The number of hydrogen-bond acceptors (Lipinski definition) is 4. The minimum absolute atomic E-state index is 0.101. The second kappa shape index (κ2) is 5.83. The number of carbonyl (C=O) groups is 1. The number of rotatable bonds is 3. The lowest BCUT2D eigenvalue weighted by Gasteiger charge is -2.25. The third-order valence-electron chi connectivity index (χ3n) is 4.27. The molecular formula is C16H20F2O4. The van der Waals surface area contributed by atoms with E-state index in [1.165, 1.54) is 20.1 Å². The lowest BCUT2D eigenvalue weighted by molar-refractivity contribution is -0.184. The summed E-state index contributed by atoms with van der Waals surface area (Å²) in [5.74, 6) is -3.29. The third kappa shape index (κ3) is 2.79. The minimum atomic E-state index is -1.06. The van der Waals surface area contributed by atoms with E-state index in [0.717, 1.165) is 6.07 Å². The smallest absolute Gasteiger partial charge is 0.304 e. The molecule has 0 N–H and O–H groups in total. The number of ether oxygens (including phenoxy) is 3. The third-order valence-corrected chi connectivity index (χ3v) is 4.27. The van der Waals surface area contributed by atoms with Gasteiger partial charge in [-0.15, -0.1) is 0 Å². The Morgan fingerprint density at radius 1 is 1.32 bits per heavy atom. The summed E-state index contributed by atoms with van der Waals surface area (Å²) in [6, 6.07) is 2.48. The summed E-state index contributed by atoms with van der Waals surface area (Å²) in [6.07, 6.45) is -0.874. The molecule has 0 amide bonds. The predicted octanol–water partition coefficient (Wildman–Crippen LogP) is 3.39. The fourth-order valence-corrected chi connectivity index (χ4v) is 2.84. The van der Waals surface area contributed by atoms with Crippen molar-refractivity contribution in [3.63, 3.8) is 0 Å². The second-order valence-electron chi connectivity index (χ2n) is 6.00. The van der Waals surface area contributed by atoms with E-state index >= 15 is 0 Å². The van der Waals surface area contributed by atoms with E-state index in [9.17, 15) is 13.6 Å². The Labute approximate surface area is 128 Å². The fraction of sp³-hybridized carbons (Fsp3) is 0.562. The van der Waals surface area contributed by atoms with Crippen LogP contribution in [-0.2, 0) is 14.3 Å². The van der Waals surface area contributed by atoms with Gasteiger partial charge < -0.3 is 14.2 Å². The molecule has 1 heterocycles. The van der Waals surface area contributed by atoms with Crippen LogP contribution in [0.15, 0.2) is 12.1 Å². The van der Waals surface area contributed by atoms with Crippen molar-refractivity contribution in [2.75, 3.05) is 7.11 Å². The average molecular weight is 314 g/mol. The van der Waals surface area contributed by atoms with Crippen LogP contribution in [-0.4, -0.2) is 25.0 Å². The normalized spacial score (nSPS) is 26.8. The van der Waals surface area contributed by atoms with Crippen molar-refractivity contribution in [1.29, 1.82) is 0 Å². The van der Waals surface area contributed by atoms with Crippen LogP contribution in [0.3, 0.4) is 0 Å². The molecule has 1 saturated heterocycles. The molecule has 1 fully saturated rings. The molecule has 122 valence electrons. The van der Waals surface area contributed by atoms with Crippen molar-refractivity contribution in [3.8, 4) is 5.75 Å².